The Morgan fingerprint density at radius 1 is 1.18 bits per heavy atom. The Balaban J connectivity index is 1.97. The summed E-state index contributed by atoms with van der Waals surface area (Å²) in [5.74, 6) is 0.203. The second-order valence-corrected chi connectivity index (χ2v) is 4.88. The van der Waals surface area contributed by atoms with Crippen molar-refractivity contribution in [2.45, 2.75) is 13.5 Å². The molecule has 0 heterocycles. The summed E-state index contributed by atoms with van der Waals surface area (Å²) in [7, 11) is 1.60. The molecule has 2 aromatic rings. The van der Waals surface area contributed by atoms with Crippen LogP contribution in [0.4, 0.5) is 4.39 Å². The van der Waals surface area contributed by atoms with Gasteiger partial charge in [0.2, 0.25) is 5.91 Å². The molecule has 2 aromatic carbocycles. The van der Waals surface area contributed by atoms with Gasteiger partial charge in [-0.05, 0) is 36.8 Å². The highest BCUT2D eigenvalue weighted by atomic mass is 19.1. The van der Waals surface area contributed by atoms with Crippen molar-refractivity contribution in [3.05, 3.63) is 71.0 Å². The first kappa shape index (κ1) is 15.8. The molecule has 0 aliphatic rings. The smallest absolute Gasteiger partial charge is 0.247 e. The molecule has 3 nitrogen and oxygen atoms in total. The van der Waals surface area contributed by atoms with E-state index >= 15 is 0 Å². The maximum atomic E-state index is 13.5. The van der Waals surface area contributed by atoms with E-state index in [0.29, 0.717) is 17.7 Å². The number of methoxy groups -OCH3 is 1. The SMILES string of the molecule is COc1ccc(CNC(=O)/C(C)=C/c2ccccc2F)cc1. The summed E-state index contributed by atoms with van der Waals surface area (Å²) >= 11 is 0. The minimum atomic E-state index is -0.343. The molecule has 0 saturated carbocycles. The molecule has 1 amide bonds. The molecule has 0 spiro atoms. The molecule has 0 saturated heterocycles. The lowest BCUT2D eigenvalue weighted by molar-refractivity contribution is -0.117. The summed E-state index contributed by atoms with van der Waals surface area (Å²) < 4.78 is 18.6. The van der Waals surface area contributed by atoms with E-state index < -0.39 is 0 Å². The molecule has 0 fully saturated rings. The first-order chi connectivity index (χ1) is 10.6. The average Bonchev–Trinajstić information content (AvgIpc) is 2.55. The molecule has 0 atom stereocenters. The van der Waals surface area contributed by atoms with Crippen molar-refractivity contribution in [2.75, 3.05) is 7.11 Å². The van der Waals surface area contributed by atoms with Gasteiger partial charge in [-0.2, -0.15) is 0 Å². The van der Waals surface area contributed by atoms with Gasteiger partial charge in [-0.3, -0.25) is 4.79 Å². The Hall–Kier alpha value is -2.62. The van der Waals surface area contributed by atoms with Gasteiger partial charge in [-0.15, -0.1) is 0 Å². The number of benzene rings is 2. The topological polar surface area (TPSA) is 38.3 Å². The van der Waals surface area contributed by atoms with Crippen molar-refractivity contribution < 1.29 is 13.9 Å². The Bertz CT molecular complexity index is 678. The van der Waals surface area contributed by atoms with Crippen LogP contribution in [0.5, 0.6) is 5.75 Å². The van der Waals surface area contributed by atoms with Crippen LogP contribution >= 0.6 is 0 Å². The van der Waals surface area contributed by atoms with E-state index in [1.54, 1.807) is 38.3 Å². The van der Waals surface area contributed by atoms with E-state index in [4.69, 9.17) is 4.74 Å². The highest BCUT2D eigenvalue weighted by Gasteiger charge is 2.06. The lowest BCUT2D eigenvalue weighted by Crippen LogP contribution is -2.23. The van der Waals surface area contributed by atoms with Crippen molar-refractivity contribution in [3.8, 4) is 5.75 Å². The van der Waals surface area contributed by atoms with Crippen molar-refractivity contribution >= 4 is 12.0 Å². The molecular formula is C18H18FNO2. The summed E-state index contributed by atoms with van der Waals surface area (Å²) in [6, 6.07) is 13.8. The standard InChI is InChI=1S/C18H18FNO2/c1-13(11-15-5-3-4-6-17(15)19)18(21)20-12-14-7-9-16(22-2)10-8-14/h3-11H,12H2,1-2H3,(H,20,21)/b13-11+. The minimum Gasteiger partial charge on any atom is -0.497 e. The fourth-order valence-corrected chi connectivity index (χ4v) is 1.96. The highest BCUT2D eigenvalue weighted by molar-refractivity contribution is 5.97. The monoisotopic (exact) mass is 299 g/mol. The predicted octanol–water partition coefficient (Wildman–Crippen LogP) is 3.55. The zero-order valence-corrected chi connectivity index (χ0v) is 12.6. The normalized spacial score (nSPS) is 11.1. The number of carbonyl (C=O) groups excluding carboxylic acids is 1. The van der Waals surface area contributed by atoms with Crippen LogP contribution in [0.3, 0.4) is 0 Å². The molecule has 4 heteroatoms. The number of carbonyl (C=O) groups is 1. The Labute approximate surface area is 129 Å². The quantitative estimate of drug-likeness (QED) is 0.857. The molecule has 0 aliphatic heterocycles. The molecule has 0 unspecified atom stereocenters. The van der Waals surface area contributed by atoms with Gasteiger partial charge < -0.3 is 10.1 Å². The summed E-state index contributed by atoms with van der Waals surface area (Å²) in [5.41, 5.74) is 1.83. The molecule has 2 rings (SSSR count). The fraction of sp³-hybridized carbons (Fsp3) is 0.167. The lowest BCUT2D eigenvalue weighted by atomic mass is 10.1. The van der Waals surface area contributed by atoms with Gasteiger partial charge in [0.25, 0.3) is 0 Å². The van der Waals surface area contributed by atoms with Gasteiger partial charge in [0.1, 0.15) is 11.6 Å². The molecular weight excluding hydrogens is 281 g/mol. The van der Waals surface area contributed by atoms with Crippen molar-refractivity contribution in [3.63, 3.8) is 0 Å². The maximum absolute atomic E-state index is 13.5. The molecule has 114 valence electrons. The number of halogens is 1. The van der Waals surface area contributed by atoms with E-state index in [1.807, 2.05) is 24.3 Å². The van der Waals surface area contributed by atoms with E-state index in [1.165, 1.54) is 6.07 Å². The molecule has 1 N–H and O–H groups in total. The van der Waals surface area contributed by atoms with Gasteiger partial charge >= 0.3 is 0 Å². The number of nitrogens with one attached hydrogen (secondary N) is 1. The van der Waals surface area contributed by atoms with Gasteiger partial charge in [0, 0.05) is 17.7 Å². The Kier molecular flexibility index (Phi) is 5.31. The minimum absolute atomic E-state index is 0.223. The largest absolute Gasteiger partial charge is 0.497 e. The number of amides is 1. The van der Waals surface area contributed by atoms with Crippen molar-refractivity contribution in [2.24, 2.45) is 0 Å². The third-order valence-corrected chi connectivity index (χ3v) is 3.25. The zero-order valence-electron chi connectivity index (χ0n) is 12.6. The molecule has 0 radical (unpaired) electrons. The summed E-state index contributed by atoms with van der Waals surface area (Å²) in [6.07, 6.45) is 1.54. The predicted molar refractivity (Wildman–Crippen MR) is 84.9 cm³/mol. The fourth-order valence-electron chi connectivity index (χ4n) is 1.96. The van der Waals surface area contributed by atoms with Crippen LogP contribution in [0.15, 0.2) is 54.1 Å². The van der Waals surface area contributed by atoms with E-state index in [-0.39, 0.29) is 11.7 Å². The number of ether oxygens (including phenoxy) is 1. The van der Waals surface area contributed by atoms with Crippen LogP contribution in [0, 0.1) is 5.82 Å². The van der Waals surface area contributed by atoms with Crippen LogP contribution in [-0.2, 0) is 11.3 Å². The van der Waals surface area contributed by atoms with Crippen LogP contribution in [0.1, 0.15) is 18.1 Å². The van der Waals surface area contributed by atoms with Gasteiger partial charge in [-0.25, -0.2) is 4.39 Å². The first-order valence-corrected chi connectivity index (χ1v) is 6.94. The Morgan fingerprint density at radius 2 is 1.86 bits per heavy atom. The van der Waals surface area contributed by atoms with Crippen LogP contribution in [0.2, 0.25) is 0 Å². The third kappa shape index (κ3) is 4.19. The second-order valence-electron chi connectivity index (χ2n) is 4.88. The number of hydrogen-bond acceptors (Lipinski definition) is 2. The van der Waals surface area contributed by atoms with Crippen molar-refractivity contribution in [1.29, 1.82) is 0 Å². The number of hydrogen-bond donors (Lipinski definition) is 1. The molecule has 0 aliphatic carbocycles. The maximum Gasteiger partial charge on any atom is 0.247 e. The van der Waals surface area contributed by atoms with Gasteiger partial charge in [0.05, 0.1) is 7.11 Å². The van der Waals surface area contributed by atoms with E-state index in [0.717, 1.165) is 11.3 Å². The molecule has 22 heavy (non-hydrogen) atoms. The van der Waals surface area contributed by atoms with Gasteiger partial charge in [0.15, 0.2) is 0 Å². The summed E-state index contributed by atoms with van der Waals surface area (Å²) in [4.78, 5) is 12.0. The molecule has 0 aromatic heterocycles. The van der Waals surface area contributed by atoms with Crippen molar-refractivity contribution in [1.82, 2.24) is 5.32 Å². The summed E-state index contributed by atoms with van der Waals surface area (Å²) in [6.45, 7) is 2.07. The second kappa shape index (κ2) is 7.41. The first-order valence-electron chi connectivity index (χ1n) is 6.94. The van der Waals surface area contributed by atoms with E-state index in [2.05, 4.69) is 5.32 Å². The highest BCUT2D eigenvalue weighted by Crippen LogP contribution is 2.13. The zero-order chi connectivity index (χ0) is 15.9. The molecule has 0 bridgehead atoms. The average molecular weight is 299 g/mol. The van der Waals surface area contributed by atoms with Gasteiger partial charge in [-0.1, -0.05) is 30.3 Å². The lowest BCUT2D eigenvalue weighted by Gasteiger charge is -2.07. The Morgan fingerprint density at radius 3 is 2.50 bits per heavy atom. The van der Waals surface area contributed by atoms with Crippen LogP contribution in [-0.4, -0.2) is 13.0 Å². The third-order valence-electron chi connectivity index (χ3n) is 3.25. The summed E-state index contributed by atoms with van der Waals surface area (Å²) in [5, 5.41) is 2.81. The van der Waals surface area contributed by atoms with E-state index in [9.17, 15) is 9.18 Å². The number of rotatable bonds is 5. The van der Waals surface area contributed by atoms with Crippen LogP contribution < -0.4 is 10.1 Å². The van der Waals surface area contributed by atoms with Crippen LogP contribution in [0.25, 0.3) is 6.08 Å².